The van der Waals surface area contributed by atoms with E-state index in [0.717, 1.165) is 17.8 Å². The minimum absolute atomic E-state index is 0.507. The largest absolute Gasteiger partial charge is 0.316 e. The van der Waals surface area contributed by atoms with Crippen LogP contribution in [0, 0.1) is 23.2 Å². The molecule has 0 aromatic rings. The van der Waals surface area contributed by atoms with Crippen LogP contribution < -0.4 is 16.0 Å². The summed E-state index contributed by atoms with van der Waals surface area (Å²) in [6.07, 6.45) is 8.38. The first-order chi connectivity index (χ1) is 13.4. The summed E-state index contributed by atoms with van der Waals surface area (Å²) < 4.78 is 0. The second kappa shape index (κ2) is 20.2. The molecule has 3 nitrogen and oxygen atoms in total. The average molecular weight is 400 g/mol. The summed E-state index contributed by atoms with van der Waals surface area (Å²) in [5, 5.41) is 10.1. The lowest BCUT2D eigenvalue weighted by Crippen LogP contribution is -2.36. The highest BCUT2D eigenvalue weighted by Crippen LogP contribution is 2.30. The quantitative estimate of drug-likeness (QED) is 0.461. The Morgan fingerprint density at radius 2 is 0.929 bits per heavy atom. The van der Waals surface area contributed by atoms with Crippen LogP contribution in [0.5, 0.6) is 0 Å². The zero-order valence-corrected chi connectivity index (χ0v) is 21.2. The monoisotopic (exact) mass is 399 g/mol. The summed E-state index contributed by atoms with van der Waals surface area (Å²) in [6, 6.07) is 0. The maximum atomic E-state index is 3.44. The van der Waals surface area contributed by atoms with E-state index in [1.807, 2.05) is 27.7 Å². The van der Waals surface area contributed by atoms with E-state index < -0.39 is 0 Å². The SMILES string of the molecule is CC.CC.CC(C)(C)C1CCCNC1.C[C@@H]1CCCNC1.C[C@H]1CCCNC1. The van der Waals surface area contributed by atoms with Gasteiger partial charge in [0.2, 0.25) is 0 Å². The number of rotatable bonds is 0. The Kier molecular flexibility index (Phi) is 21.7. The maximum Gasteiger partial charge on any atom is -0.00155 e. The van der Waals surface area contributed by atoms with Gasteiger partial charge >= 0.3 is 0 Å². The van der Waals surface area contributed by atoms with E-state index in [-0.39, 0.29) is 0 Å². The van der Waals surface area contributed by atoms with E-state index in [1.54, 1.807) is 0 Å². The number of hydrogen-bond donors (Lipinski definition) is 3. The lowest BCUT2D eigenvalue weighted by Gasteiger charge is -2.34. The molecule has 3 N–H and O–H groups in total. The van der Waals surface area contributed by atoms with Gasteiger partial charge in [-0.1, -0.05) is 62.3 Å². The highest BCUT2D eigenvalue weighted by atomic mass is 14.9. The standard InChI is InChI=1S/C9H19N.2C6H13N.2C2H6/c1-9(2,3)8-5-4-6-10-7-8;2*1-6-3-2-4-7-5-6;2*1-2/h8,10H,4-7H2,1-3H3;2*6-7H,2-5H2,1H3;2*1-2H3/t;2*6-;;/m.10../s1. The summed E-state index contributed by atoms with van der Waals surface area (Å²) >= 11 is 0. The fourth-order valence-corrected chi connectivity index (χ4v) is 3.64. The summed E-state index contributed by atoms with van der Waals surface area (Å²) in [6.45, 7) is 27.0. The van der Waals surface area contributed by atoms with E-state index in [9.17, 15) is 0 Å². The Morgan fingerprint density at radius 1 is 0.571 bits per heavy atom. The lowest BCUT2D eigenvalue weighted by molar-refractivity contribution is 0.193. The van der Waals surface area contributed by atoms with Crippen LogP contribution in [0.15, 0.2) is 0 Å². The summed E-state index contributed by atoms with van der Waals surface area (Å²) in [5.41, 5.74) is 0.507. The van der Waals surface area contributed by atoms with Crippen LogP contribution in [0.1, 0.15) is 101 Å². The zero-order chi connectivity index (χ0) is 21.8. The molecule has 0 saturated carbocycles. The average Bonchev–Trinajstić information content (AvgIpc) is 2.73. The van der Waals surface area contributed by atoms with Gasteiger partial charge in [0.1, 0.15) is 0 Å². The van der Waals surface area contributed by atoms with Crippen molar-refractivity contribution in [3.8, 4) is 0 Å². The minimum Gasteiger partial charge on any atom is -0.316 e. The molecule has 3 atom stereocenters. The first-order valence-corrected chi connectivity index (χ1v) is 12.5. The molecule has 1 unspecified atom stereocenters. The van der Waals surface area contributed by atoms with Gasteiger partial charge < -0.3 is 16.0 Å². The first kappa shape index (κ1) is 30.1. The third kappa shape index (κ3) is 17.9. The van der Waals surface area contributed by atoms with E-state index >= 15 is 0 Å². The van der Waals surface area contributed by atoms with Gasteiger partial charge in [0, 0.05) is 0 Å². The Morgan fingerprint density at radius 3 is 1.07 bits per heavy atom. The molecule has 3 heterocycles. The van der Waals surface area contributed by atoms with Crippen LogP contribution in [-0.4, -0.2) is 39.3 Å². The van der Waals surface area contributed by atoms with Crippen LogP contribution in [0.25, 0.3) is 0 Å². The van der Waals surface area contributed by atoms with Crippen molar-refractivity contribution in [3.05, 3.63) is 0 Å². The fourth-order valence-electron chi connectivity index (χ4n) is 3.64. The third-order valence-electron chi connectivity index (χ3n) is 5.61. The topological polar surface area (TPSA) is 36.1 Å². The van der Waals surface area contributed by atoms with Gasteiger partial charge in [0.25, 0.3) is 0 Å². The van der Waals surface area contributed by atoms with Crippen molar-refractivity contribution in [2.75, 3.05) is 39.3 Å². The Balaban J connectivity index is 0. The number of piperidine rings is 3. The van der Waals surface area contributed by atoms with Crippen LogP contribution in [0.2, 0.25) is 0 Å². The molecule has 3 rings (SSSR count). The van der Waals surface area contributed by atoms with Crippen molar-refractivity contribution in [2.24, 2.45) is 23.2 Å². The van der Waals surface area contributed by atoms with Crippen LogP contribution in [0.3, 0.4) is 0 Å². The molecule has 28 heavy (non-hydrogen) atoms. The van der Waals surface area contributed by atoms with E-state index in [0.29, 0.717) is 5.41 Å². The molecular weight excluding hydrogens is 342 g/mol. The zero-order valence-electron chi connectivity index (χ0n) is 21.2. The van der Waals surface area contributed by atoms with Crippen molar-refractivity contribution in [2.45, 2.75) is 101 Å². The smallest absolute Gasteiger partial charge is 0.00155 e. The maximum absolute atomic E-state index is 3.44. The summed E-state index contributed by atoms with van der Waals surface area (Å²) in [7, 11) is 0. The normalized spacial score (nSPS) is 27.1. The molecule has 0 aromatic carbocycles. The fraction of sp³-hybridized carbons (Fsp3) is 1.00. The second-order valence-electron chi connectivity index (χ2n) is 9.31. The molecule has 3 heteroatoms. The van der Waals surface area contributed by atoms with E-state index in [4.69, 9.17) is 0 Å². The summed E-state index contributed by atoms with van der Waals surface area (Å²) in [5.74, 6) is 2.74. The van der Waals surface area contributed by atoms with Crippen molar-refractivity contribution < 1.29 is 0 Å². The van der Waals surface area contributed by atoms with Crippen molar-refractivity contribution >= 4 is 0 Å². The number of nitrogens with one attached hydrogen (secondary N) is 3. The van der Waals surface area contributed by atoms with Gasteiger partial charge in [-0.3, -0.25) is 0 Å². The van der Waals surface area contributed by atoms with Crippen molar-refractivity contribution in [1.82, 2.24) is 16.0 Å². The molecule has 0 radical (unpaired) electrons. The molecule has 0 aromatic heterocycles. The molecule has 0 spiro atoms. The predicted molar refractivity (Wildman–Crippen MR) is 130 cm³/mol. The van der Waals surface area contributed by atoms with E-state index in [2.05, 4.69) is 50.6 Å². The highest BCUT2D eigenvalue weighted by molar-refractivity contribution is 4.79. The molecule has 0 bridgehead atoms. The number of hydrogen-bond acceptors (Lipinski definition) is 3. The predicted octanol–water partition coefficient (Wildman–Crippen LogP) is 6.10. The molecule has 3 fully saturated rings. The van der Waals surface area contributed by atoms with Gasteiger partial charge in [-0.2, -0.15) is 0 Å². The van der Waals surface area contributed by atoms with Gasteiger partial charge in [-0.25, -0.2) is 0 Å². The third-order valence-corrected chi connectivity index (χ3v) is 5.61. The van der Waals surface area contributed by atoms with Crippen LogP contribution in [-0.2, 0) is 0 Å². The van der Waals surface area contributed by atoms with Gasteiger partial charge in [0.15, 0.2) is 0 Å². The van der Waals surface area contributed by atoms with Gasteiger partial charge in [-0.15, -0.1) is 0 Å². The first-order valence-electron chi connectivity index (χ1n) is 12.5. The molecular formula is C25H57N3. The van der Waals surface area contributed by atoms with Gasteiger partial charge in [-0.05, 0) is 101 Å². The van der Waals surface area contributed by atoms with Crippen molar-refractivity contribution in [1.29, 1.82) is 0 Å². The molecule has 0 aliphatic carbocycles. The van der Waals surface area contributed by atoms with Gasteiger partial charge in [0.05, 0.1) is 0 Å². The van der Waals surface area contributed by atoms with E-state index in [1.165, 1.54) is 77.8 Å². The molecule has 0 amide bonds. The summed E-state index contributed by atoms with van der Waals surface area (Å²) in [4.78, 5) is 0. The van der Waals surface area contributed by atoms with Crippen LogP contribution >= 0.6 is 0 Å². The minimum atomic E-state index is 0.507. The highest BCUT2D eigenvalue weighted by Gasteiger charge is 2.25. The Labute approximate surface area is 179 Å². The Hall–Kier alpha value is -0.120. The molecule has 3 aliphatic heterocycles. The molecule has 172 valence electrons. The van der Waals surface area contributed by atoms with Crippen molar-refractivity contribution in [3.63, 3.8) is 0 Å². The lowest BCUT2D eigenvalue weighted by atomic mass is 9.77. The molecule has 3 aliphatic rings. The molecule has 3 saturated heterocycles. The Bertz CT molecular complexity index is 265. The van der Waals surface area contributed by atoms with Crippen LogP contribution in [0.4, 0.5) is 0 Å². The second-order valence-corrected chi connectivity index (χ2v) is 9.31.